The van der Waals surface area contributed by atoms with Gasteiger partial charge in [-0.15, -0.1) is 6.58 Å². The van der Waals surface area contributed by atoms with E-state index < -0.39 is 46.6 Å². The van der Waals surface area contributed by atoms with Gasteiger partial charge in [0.2, 0.25) is 11.8 Å². The van der Waals surface area contributed by atoms with Gasteiger partial charge in [0.25, 0.3) is 0 Å². The third kappa shape index (κ3) is 5.30. The Labute approximate surface area is 251 Å². The maximum Gasteiger partial charge on any atom is 0.312 e. The molecular weight excluding hydrogens is 532 g/mol. The largest absolute Gasteiger partial charge is 0.466 e. The van der Waals surface area contributed by atoms with E-state index in [4.69, 9.17) is 9.47 Å². The van der Waals surface area contributed by atoms with E-state index in [1.165, 1.54) is 0 Å². The topological polar surface area (TPSA) is 96.4 Å². The number of hydrogen-bond acceptors (Lipinski definition) is 6. The Morgan fingerprint density at radius 3 is 2.43 bits per heavy atom. The van der Waals surface area contributed by atoms with E-state index in [1.807, 2.05) is 62.9 Å². The van der Waals surface area contributed by atoms with Gasteiger partial charge in [0.15, 0.2) is 0 Å². The summed E-state index contributed by atoms with van der Waals surface area (Å²) in [7, 11) is 0. The number of carbonyl (C=O) groups is 3. The first-order valence-electron chi connectivity index (χ1n) is 15.3. The molecule has 1 N–H and O–H groups in total. The van der Waals surface area contributed by atoms with Crippen molar-refractivity contribution >= 4 is 17.8 Å². The predicted molar refractivity (Wildman–Crippen MR) is 161 cm³/mol. The van der Waals surface area contributed by atoms with E-state index in [9.17, 15) is 14.7 Å². The van der Waals surface area contributed by atoms with E-state index in [0.717, 1.165) is 5.56 Å². The van der Waals surface area contributed by atoms with Crippen LogP contribution in [0, 0.1) is 23.2 Å². The second-order valence-electron chi connectivity index (χ2n) is 14.5. The lowest BCUT2D eigenvalue weighted by molar-refractivity contribution is -0.164. The highest BCUT2D eigenvalue weighted by atomic mass is 16.6. The summed E-state index contributed by atoms with van der Waals surface area (Å²) in [5, 5.41) is 10.7. The minimum atomic E-state index is -1.22. The SMILES string of the molecule is C=CCN(C(=O)C1N([C@@H](CO)Cc2ccccc2)C(=O)[C@@H]2[C@H](C(=O)OCC)[C@@]3(C)OC12CC3C)C(C)(C)CC(C)(C)C. The van der Waals surface area contributed by atoms with Gasteiger partial charge in [-0.3, -0.25) is 14.4 Å². The molecular formula is C34H50N2O6. The zero-order valence-corrected chi connectivity index (χ0v) is 26.7. The molecule has 0 radical (unpaired) electrons. The minimum Gasteiger partial charge on any atom is -0.466 e. The normalized spacial score (nSPS) is 31.2. The molecule has 8 nitrogen and oxygen atoms in total. The van der Waals surface area contributed by atoms with Gasteiger partial charge in [0.1, 0.15) is 17.6 Å². The Morgan fingerprint density at radius 2 is 1.88 bits per heavy atom. The molecule has 3 aliphatic heterocycles. The van der Waals surface area contributed by atoms with Crippen molar-refractivity contribution in [2.45, 2.75) is 103 Å². The molecule has 0 aliphatic carbocycles. The Bertz CT molecular complexity index is 1190. The first kappa shape index (κ1) is 32.2. The van der Waals surface area contributed by atoms with Crippen LogP contribution in [0.4, 0.5) is 0 Å². The number of amides is 2. The summed E-state index contributed by atoms with van der Waals surface area (Å²) in [6, 6.07) is 7.94. The highest BCUT2D eigenvalue weighted by Gasteiger charge is 2.81. The van der Waals surface area contributed by atoms with Crippen molar-refractivity contribution in [1.29, 1.82) is 0 Å². The number of hydrogen-bond donors (Lipinski definition) is 1. The average Bonchev–Trinajstić information content (AvgIpc) is 3.41. The average molecular weight is 583 g/mol. The summed E-state index contributed by atoms with van der Waals surface area (Å²) in [4.78, 5) is 46.6. The van der Waals surface area contributed by atoms with Gasteiger partial charge in [0, 0.05) is 12.1 Å². The van der Waals surface area contributed by atoms with Crippen molar-refractivity contribution in [2.24, 2.45) is 23.2 Å². The third-order valence-corrected chi connectivity index (χ3v) is 9.72. The fraction of sp³-hybridized carbons (Fsp3) is 0.676. The molecule has 1 aromatic rings. The molecule has 0 aromatic heterocycles. The van der Waals surface area contributed by atoms with Crippen LogP contribution in [0.5, 0.6) is 0 Å². The molecule has 3 heterocycles. The van der Waals surface area contributed by atoms with Crippen LogP contribution in [0.15, 0.2) is 43.0 Å². The number of ether oxygens (including phenoxy) is 2. The van der Waals surface area contributed by atoms with Gasteiger partial charge in [0.05, 0.1) is 30.8 Å². The molecule has 7 atom stereocenters. The van der Waals surface area contributed by atoms with Crippen LogP contribution < -0.4 is 0 Å². The standard InChI is InChI=1S/C34H50N2O6/c1-10-17-35(32(7,8)21-31(4,5)6)29(39)27-34-19-22(3)33(9,42-34)26(30(40)41-11-2)25(34)28(38)36(27)24(20-37)18-23-15-13-12-14-16-23/h10,12-16,22,24-27,37H,1,11,17-21H2,2-9H3/t22?,24-,25+,26-,27?,33+,34?/m1/s1. The van der Waals surface area contributed by atoms with Gasteiger partial charge < -0.3 is 24.4 Å². The Kier molecular flexibility index (Phi) is 8.76. The van der Waals surface area contributed by atoms with Crippen molar-refractivity contribution in [3.05, 3.63) is 48.6 Å². The van der Waals surface area contributed by atoms with Crippen LogP contribution >= 0.6 is 0 Å². The Hall–Kier alpha value is -2.71. The summed E-state index contributed by atoms with van der Waals surface area (Å²) in [5.74, 6) is -2.87. The molecule has 3 aliphatic rings. The van der Waals surface area contributed by atoms with Crippen molar-refractivity contribution in [2.75, 3.05) is 19.8 Å². The van der Waals surface area contributed by atoms with Crippen LogP contribution in [0.3, 0.4) is 0 Å². The van der Waals surface area contributed by atoms with Crippen molar-refractivity contribution < 1.29 is 29.0 Å². The summed E-state index contributed by atoms with van der Waals surface area (Å²) in [6.45, 7) is 20.2. The summed E-state index contributed by atoms with van der Waals surface area (Å²) >= 11 is 0. The van der Waals surface area contributed by atoms with E-state index in [2.05, 4.69) is 27.4 Å². The number of benzene rings is 1. The number of aliphatic hydroxyl groups is 1. The van der Waals surface area contributed by atoms with Crippen LogP contribution in [0.2, 0.25) is 0 Å². The Morgan fingerprint density at radius 1 is 1.24 bits per heavy atom. The van der Waals surface area contributed by atoms with Crippen LogP contribution in [0.1, 0.15) is 73.8 Å². The molecule has 4 rings (SSSR count). The highest BCUT2D eigenvalue weighted by molar-refractivity contribution is 5.99. The molecule has 8 heteroatoms. The zero-order valence-electron chi connectivity index (χ0n) is 26.7. The van der Waals surface area contributed by atoms with Gasteiger partial charge in [-0.2, -0.15) is 0 Å². The van der Waals surface area contributed by atoms with Crippen molar-refractivity contribution in [3.63, 3.8) is 0 Å². The number of carbonyl (C=O) groups excluding carboxylic acids is 3. The number of nitrogens with zero attached hydrogens (tertiary/aromatic N) is 2. The van der Waals surface area contributed by atoms with Crippen LogP contribution in [-0.4, -0.2) is 81.3 Å². The fourth-order valence-electron chi connectivity index (χ4n) is 8.38. The first-order valence-corrected chi connectivity index (χ1v) is 15.3. The maximum absolute atomic E-state index is 15.0. The molecule has 42 heavy (non-hydrogen) atoms. The fourth-order valence-corrected chi connectivity index (χ4v) is 8.38. The van der Waals surface area contributed by atoms with Gasteiger partial charge in [-0.1, -0.05) is 64.1 Å². The monoisotopic (exact) mass is 582 g/mol. The second-order valence-corrected chi connectivity index (χ2v) is 14.5. The van der Waals surface area contributed by atoms with E-state index >= 15 is 4.79 Å². The molecule has 2 amide bonds. The predicted octanol–water partition coefficient (Wildman–Crippen LogP) is 4.39. The van der Waals surface area contributed by atoms with Crippen LogP contribution in [-0.2, 0) is 30.3 Å². The molecule has 1 spiro atoms. The zero-order chi connectivity index (χ0) is 31.3. The van der Waals surface area contributed by atoms with E-state index in [1.54, 1.807) is 17.9 Å². The summed E-state index contributed by atoms with van der Waals surface area (Å²) in [5.41, 5.74) is -1.88. The number of rotatable bonds is 11. The number of esters is 1. The lowest BCUT2D eigenvalue weighted by Crippen LogP contribution is -2.62. The Balaban J connectivity index is 1.88. The smallest absolute Gasteiger partial charge is 0.312 e. The molecule has 3 saturated heterocycles. The van der Waals surface area contributed by atoms with Crippen molar-refractivity contribution in [1.82, 2.24) is 9.80 Å². The van der Waals surface area contributed by atoms with Gasteiger partial charge in [-0.05, 0) is 63.9 Å². The van der Waals surface area contributed by atoms with Gasteiger partial charge in [-0.25, -0.2) is 0 Å². The molecule has 2 bridgehead atoms. The minimum absolute atomic E-state index is 0.0740. The van der Waals surface area contributed by atoms with Crippen LogP contribution in [0.25, 0.3) is 0 Å². The first-order chi connectivity index (χ1) is 19.6. The third-order valence-electron chi connectivity index (χ3n) is 9.72. The molecule has 0 saturated carbocycles. The lowest BCUT2D eigenvalue weighted by Gasteiger charge is -2.46. The quantitative estimate of drug-likeness (QED) is 0.307. The second kappa shape index (κ2) is 11.4. The van der Waals surface area contributed by atoms with Gasteiger partial charge >= 0.3 is 5.97 Å². The molecule has 1 aromatic carbocycles. The molecule has 232 valence electrons. The summed E-state index contributed by atoms with van der Waals surface area (Å²) < 4.78 is 12.4. The highest BCUT2D eigenvalue weighted by Crippen LogP contribution is 2.66. The van der Waals surface area contributed by atoms with Crippen molar-refractivity contribution in [3.8, 4) is 0 Å². The number of fused-ring (bicyclic) bond motifs is 1. The number of likely N-dealkylation sites (tertiary alicyclic amines) is 1. The van der Waals surface area contributed by atoms with E-state index in [-0.39, 0.29) is 42.9 Å². The number of aliphatic hydroxyl groups excluding tert-OH is 1. The maximum atomic E-state index is 15.0. The summed E-state index contributed by atoms with van der Waals surface area (Å²) in [6.07, 6.45) is 3.24. The molecule has 3 unspecified atom stereocenters. The lowest BCUT2D eigenvalue weighted by atomic mass is 9.62. The van der Waals surface area contributed by atoms with E-state index in [0.29, 0.717) is 19.3 Å². The molecule has 3 fully saturated rings.